The second-order valence-corrected chi connectivity index (χ2v) is 4.91. The molecule has 2 heterocycles. The molecule has 0 amide bonds. The van der Waals surface area contributed by atoms with Crippen LogP contribution in [0.1, 0.15) is 0 Å². The molecule has 4 heteroatoms. The monoisotopic (exact) mass is 248 g/mol. The third-order valence-electron chi connectivity index (χ3n) is 3.66. The van der Waals surface area contributed by atoms with Gasteiger partial charge in [0.15, 0.2) is 0 Å². The van der Waals surface area contributed by atoms with E-state index < -0.39 is 0 Å². The fraction of sp³-hybridized carbons (Fsp3) is 0.571. The lowest BCUT2D eigenvalue weighted by Gasteiger charge is -2.36. The largest absolute Gasteiger partial charge is 0.495 e. The first-order valence-corrected chi connectivity index (χ1v) is 6.59. The number of methoxy groups -OCH3 is 1. The van der Waals surface area contributed by atoms with Crippen LogP contribution in [-0.4, -0.2) is 57.4 Å². The van der Waals surface area contributed by atoms with E-state index in [1.807, 2.05) is 12.1 Å². The molecule has 98 valence electrons. The van der Waals surface area contributed by atoms with Gasteiger partial charge >= 0.3 is 0 Å². The Morgan fingerprint density at radius 3 is 2.61 bits per heavy atom. The van der Waals surface area contributed by atoms with Crippen molar-refractivity contribution in [3.05, 3.63) is 24.3 Å². The third kappa shape index (κ3) is 2.60. The average Bonchev–Trinajstić information content (AvgIpc) is 3.24. The standard InChI is InChI=1S/C14H20N2O2/c1-17-14-5-3-2-4-13(14)16-8-6-15(7-9-16)10-12-11-18-12/h2-5,12H,6-11H2,1H3. The lowest BCUT2D eigenvalue weighted by atomic mass is 10.2. The topological polar surface area (TPSA) is 28.2 Å². The van der Waals surface area contributed by atoms with Gasteiger partial charge in [0.25, 0.3) is 0 Å². The highest BCUT2D eigenvalue weighted by Crippen LogP contribution is 2.28. The SMILES string of the molecule is COc1ccccc1N1CCN(CC2CO2)CC1. The number of piperazine rings is 1. The minimum Gasteiger partial charge on any atom is -0.495 e. The highest BCUT2D eigenvalue weighted by molar-refractivity contribution is 5.58. The zero-order valence-corrected chi connectivity index (χ0v) is 10.8. The first kappa shape index (κ1) is 11.8. The zero-order chi connectivity index (χ0) is 12.4. The van der Waals surface area contributed by atoms with Crippen LogP contribution in [0.5, 0.6) is 5.75 Å². The van der Waals surface area contributed by atoms with Crippen LogP contribution >= 0.6 is 0 Å². The summed E-state index contributed by atoms with van der Waals surface area (Å²) in [5.74, 6) is 0.969. The molecule has 2 fully saturated rings. The lowest BCUT2D eigenvalue weighted by molar-refractivity contribution is 0.230. The maximum atomic E-state index is 5.42. The molecule has 1 atom stereocenters. The highest BCUT2D eigenvalue weighted by Gasteiger charge is 2.27. The number of epoxide rings is 1. The van der Waals surface area contributed by atoms with Crippen molar-refractivity contribution in [1.82, 2.24) is 4.90 Å². The van der Waals surface area contributed by atoms with E-state index in [4.69, 9.17) is 9.47 Å². The van der Waals surface area contributed by atoms with Crippen LogP contribution in [0.25, 0.3) is 0 Å². The second-order valence-electron chi connectivity index (χ2n) is 4.91. The van der Waals surface area contributed by atoms with E-state index in [1.165, 1.54) is 5.69 Å². The summed E-state index contributed by atoms with van der Waals surface area (Å²) < 4.78 is 10.7. The first-order valence-electron chi connectivity index (χ1n) is 6.59. The van der Waals surface area contributed by atoms with Crippen molar-refractivity contribution in [2.24, 2.45) is 0 Å². The Morgan fingerprint density at radius 1 is 1.22 bits per heavy atom. The van der Waals surface area contributed by atoms with Gasteiger partial charge in [-0.3, -0.25) is 4.90 Å². The second kappa shape index (κ2) is 5.16. The molecule has 2 aliphatic heterocycles. The van der Waals surface area contributed by atoms with E-state index in [2.05, 4.69) is 21.9 Å². The van der Waals surface area contributed by atoms with Crippen LogP contribution in [0.3, 0.4) is 0 Å². The predicted octanol–water partition coefficient (Wildman–Crippen LogP) is 1.22. The summed E-state index contributed by atoms with van der Waals surface area (Å²) in [6.07, 6.45) is 0.503. The fourth-order valence-corrected chi connectivity index (χ4v) is 2.52. The van der Waals surface area contributed by atoms with Crippen LogP contribution in [-0.2, 0) is 4.74 Å². The van der Waals surface area contributed by atoms with Crippen LogP contribution < -0.4 is 9.64 Å². The van der Waals surface area contributed by atoms with Crippen LogP contribution in [0.4, 0.5) is 5.69 Å². The molecule has 1 aromatic carbocycles. The third-order valence-corrected chi connectivity index (χ3v) is 3.66. The summed E-state index contributed by atoms with van der Waals surface area (Å²) >= 11 is 0. The Morgan fingerprint density at radius 2 is 1.94 bits per heavy atom. The van der Waals surface area contributed by atoms with E-state index in [1.54, 1.807) is 7.11 Å². The lowest BCUT2D eigenvalue weighted by Crippen LogP contribution is -2.47. The molecular formula is C14H20N2O2. The van der Waals surface area contributed by atoms with Crippen molar-refractivity contribution in [3.63, 3.8) is 0 Å². The summed E-state index contributed by atoms with van der Waals surface area (Å²) in [7, 11) is 1.74. The van der Waals surface area contributed by atoms with Crippen LogP contribution in [0, 0.1) is 0 Å². The summed E-state index contributed by atoms with van der Waals surface area (Å²) in [6, 6.07) is 8.25. The van der Waals surface area contributed by atoms with E-state index in [0.717, 1.165) is 45.1 Å². The maximum Gasteiger partial charge on any atom is 0.142 e. The van der Waals surface area contributed by atoms with E-state index in [-0.39, 0.29) is 0 Å². The molecule has 0 aromatic heterocycles. The molecule has 0 saturated carbocycles. The number of anilines is 1. The average molecular weight is 248 g/mol. The number of hydrogen-bond acceptors (Lipinski definition) is 4. The smallest absolute Gasteiger partial charge is 0.142 e. The number of nitrogens with zero attached hydrogens (tertiary/aromatic N) is 2. The Labute approximate surface area is 108 Å². The van der Waals surface area contributed by atoms with Gasteiger partial charge in [-0.15, -0.1) is 0 Å². The molecule has 0 N–H and O–H groups in total. The Hall–Kier alpha value is -1.26. The molecule has 2 aliphatic rings. The summed E-state index contributed by atoms with van der Waals surface area (Å²) in [6.45, 7) is 6.39. The predicted molar refractivity (Wildman–Crippen MR) is 71.4 cm³/mol. The Bertz CT molecular complexity index is 399. The Kier molecular flexibility index (Phi) is 3.39. The molecule has 4 nitrogen and oxygen atoms in total. The number of hydrogen-bond donors (Lipinski definition) is 0. The molecule has 2 saturated heterocycles. The van der Waals surface area contributed by atoms with Gasteiger partial charge in [-0.1, -0.05) is 12.1 Å². The number of ether oxygens (including phenoxy) is 2. The molecule has 0 radical (unpaired) electrons. The molecule has 0 spiro atoms. The van der Waals surface area contributed by atoms with Gasteiger partial charge in [-0.05, 0) is 12.1 Å². The molecule has 0 aliphatic carbocycles. The van der Waals surface area contributed by atoms with Gasteiger partial charge in [-0.2, -0.15) is 0 Å². The summed E-state index contributed by atoms with van der Waals surface area (Å²) in [5.41, 5.74) is 1.21. The number of benzene rings is 1. The molecule has 0 bridgehead atoms. The first-order chi connectivity index (χ1) is 8.86. The van der Waals surface area contributed by atoms with E-state index in [0.29, 0.717) is 6.10 Å². The van der Waals surface area contributed by atoms with Gasteiger partial charge in [0.05, 0.1) is 25.5 Å². The number of para-hydroxylation sites is 2. The maximum absolute atomic E-state index is 5.42. The Balaban J connectivity index is 1.60. The minimum atomic E-state index is 0.503. The van der Waals surface area contributed by atoms with E-state index in [9.17, 15) is 0 Å². The van der Waals surface area contributed by atoms with Gasteiger partial charge in [0, 0.05) is 32.7 Å². The molecular weight excluding hydrogens is 228 g/mol. The summed E-state index contributed by atoms with van der Waals surface area (Å²) in [4.78, 5) is 4.90. The van der Waals surface area contributed by atoms with Crippen molar-refractivity contribution in [3.8, 4) is 5.75 Å². The van der Waals surface area contributed by atoms with Crippen molar-refractivity contribution in [2.75, 3.05) is 51.3 Å². The zero-order valence-electron chi connectivity index (χ0n) is 10.8. The van der Waals surface area contributed by atoms with Crippen molar-refractivity contribution in [1.29, 1.82) is 0 Å². The van der Waals surface area contributed by atoms with Crippen molar-refractivity contribution in [2.45, 2.75) is 6.10 Å². The van der Waals surface area contributed by atoms with Crippen molar-refractivity contribution >= 4 is 5.69 Å². The molecule has 1 unspecified atom stereocenters. The van der Waals surface area contributed by atoms with Gasteiger partial charge in [0.1, 0.15) is 5.75 Å². The highest BCUT2D eigenvalue weighted by atomic mass is 16.6. The van der Waals surface area contributed by atoms with Crippen molar-refractivity contribution < 1.29 is 9.47 Å². The summed E-state index contributed by atoms with van der Waals surface area (Å²) in [5, 5.41) is 0. The van der Waals surface area contributed by atoms with Crippen LogP contribution in [0.2, 0.25) is 0 Å². The van der Waals surface area contributed by atoms with Gasteiger partial charge in [0.2, 0.25) is 0 Å². The minimum absolute atomic E-state index is 0.503. The normalized spacial score (nSPS) is 24.1. The molecule has 18 heavy (non-hydrogen) atoms. The van der Waals surface area contributed by atoms with Gasteiger partial charge in [-0.25, -0.2) is 0 Å². The fourth-order valence-electron chi connectivity index (χ4n) is 2.52. The van der Waals surface area contributed by atoms with E-state index >= 15 is 0 Å². The molecule has 1 aromatic rings. The van der Waals surface area contributed by atoms with Gasteiger partial charge < -0.3 is 14.4 Å². The van der Waals surface area contributed by atoms with Crippen LogP contribution in [0.15, 0.2) is 24.3 Å². The number of rotatable bonds is 4. The quantitative estimate of drug-likeness (QED) is 0.749. The molecule has 3 rings (SSSR count).